The van der Waals surface area contributed by atoms with Gasteiger partial charge in [-0.25, -0.2) is 5.43 Å². The zero-order valence-corrected chi connectivity index (χ0v) is 20.0. The van der Waals surface area contributed by atoms with E-state index < -0.39 is 11.8 Å². The van der Waals surface area contributed by atoms with Crippen molar-refractivity contribution >= 4 is 35.3 Å². The molecule has 0 aromatic heterocycles. The van der Waals surface area contributed by atoms with Crippen LogP contribution >= 0.6 is 11.6 Å². The molecule has 0 saturated carbocycles. The fraction of sp³-hybridized carbons (Fsp3) is 0.192. The van der Waals surface area contributed by atoms with Crippen LogP contribution in [0.4, 0.5) is 5.69 Å². The van der Waals surface area contributed by atoms with Crippen LogP contribution < -0.4 is 20.2 Å². The number of hydrazone groups is 1. The van der Waals surface area contributed by atoms with Gasteiger partial charge in [-0.3, -0.25) is 9.59 Å². The van der Waals surface area contributed by atoms with Crippen LogP contribution in [0.3, 0.4) is 0 Å². The van der Waals surface area contributed by atoms with Crippen molar-refractivity contribution in [3.8, 4) is 11.5 Å². The number of anilines is 1. The number of carbonyl (C=O) groups excluding carboxylic acids is 2. The normalized spacial score (nSPS) is 10.7. The number of rotatable bonds is 8. The van der Waals surface area contributed by atoms with Crippen molar-refractivity contribution in [2.45, 2.75) is 27.4 Å². The van der Waals surface area contributed by atoms with Crippen molar-refractivity contribution in [2.75, 3.05) is 11.9 Å². The minimum absolute atomic E-state index is 0.333. The van der Waals surface area contributed by atoms with Gasteiger partial charge >= 0.3 is 11.8 Å². The second kappa shape index (κ2) is 11.9. The van der Waals surface area contributed by atoms with Gasteiger partial charge < -0.3 is 14.8 Å². The Kier molecular flexibility index (Phi) is 8.65. The van der Waals surface area contributed by atoms with E-state index in [0.717, 1.165) is 16.7 Å². The van der Waals surface area contributed by atoms with Gasteiger partial charge in [0.25, 0.3) is 0 Å². The van der Waals surface area contributed by atoms with Gasteiger partial charge in [0.1, 0.15) is 6.61 Å². The maximum atomic E-state index is 12.1. The largest absolute Gasteiger partial charge is 0.490 e. The Balaban J connectivity index is 1.64. The number of hydrogen-bond acceptors (Lipinski definition) is 5. The van der Waals surface area contributed by atoms with E-state index in [2.05, 4.69) is 15.8 Å². The molecule has 0 bridgehead atoms. The number of hydrogen-bond donors (Lipinski definition) is 2. The van der Waals surface area contributed by atoms with Crippen molar-refractivity contribution in [1.29, 1.82) is 0 Å². The summed E-state index contributed by atoms with van der Waals surface area (Å²) in [7, 11) is 0. The molecule has 0 spiro atoms. The molecule has 2 N–H and O–H groups in total. The lowest BCUT2D eigenvalue weighted by molar-refractivity contribution is -0.136. The van der Waals surface area contributed by atoms with Crippen LogP contribution in [0.1, 0.15) is 29.2 Å². The van der Waals surface area contributed by atoms with Crippen molar-refractivity contribution in [3.63, 3.8) is 0 Å². The van der Waals surface area contributed by atoms with E-state index in [9.17, 15) is 9.59 Å². The zero-order valence-electron chi connectivity index (χ0n) is 19.2. The highest BCUT2D eigenvalue weighted by atomic mass is 35.5. The van der Waals surface area contributed by atoms with Gasteiger partial charge in [-0.15, -0.1) is 0 Å². The van der Waals surface area contributed by atoms with Crippen molar-refractivity contribution in [3.05, 3.63) is 87.9 Å². The van der Waals surface area contributed by atoms with Crippen LogP contribution in [0.15, 0.2) is 65.8 Å². The van der Waals surface area contributed by atoms with E-state index in [-0.39, 0.29) is 0 Å². The van der Waals surface area contributed by atoms with Gasteiger partial charge in [-0.05, 0) is 67.3 Å². The van der Waals surface area contributed by atoms with Gasteiger partial charge in [0.15, 0.2) is 11.5 Å². The summed E-state index contributed by atoms with van der Waals surface area (Å²) in [5, 5.41) is 6.74. The number of aryl methyl sites for hydroxylation is 2. The van der Waals surface area contributed by atoms with Crippen LogP contribution in [0.2, 0.25) is 5.02 Å². The second-order valence-corrected chi connectivity index (χ2v) is 7.90. The highest BCUT2D eigenvalue weighted by molar-refractivity contribution is 6.39. The molecule has 7 nitrogen and oxygen atoms in total. The Morgan fingerprint density at radius 1 is 0.971 bits per heavy atom. The number of nitrogens with zero attached hydrogens (tertiary/aromatic N) is 1. The van der Waals surface area contributed by atoms with Gasteiger partial charge in [-0.1, -0.05) is 48.0 Å². The first-order chi connectivity index (χ1) is 16.4. The zero-order chi connectivity index (χ0) is 24.5. The van der Waals surface area contributed by atoms with Crippen LogP contribution in [-0.2, 0) is 16.2 Å². The monoisotopic (exact) mass is 479 g/mol. The summed E-state index contributed by atoms with van der Waals surface area (Å²) >= 11 is 6.42. The number of amides is 2. The summed E-state index contributed by atoms with van der Waals surface area (Å²) in [6.45, 7) is 6.49. The van der Waals surface area contributed by atoms with Crippen molar-refractivity contribution in [1.82, 2.24) is 5.43 Å². The van der Waals surface area contributed by atoms with E-state index in [1.54, 1.807) is 24.3 Å². The average molecular weight is 480 g/mol. The third kappa shape index (κ3) is 6.83. The molecule has 0 radical (unpaired) electrons. The van der Waals surface area contributed by atoms with Crippen molar-refractivity contribution < 1.29 is 19.1 Å². The molecule has 0 heterocycles. The molecule has 8 heteroatoms. The maximum Gasteiger partial charge on any atom is 0.329 e. The summed E-state index contributed by atoms with van der Waals surface area (Å²) in [4.78, 5) is 24.2. The van der Waals surface area contributed by atoms with E-state index in [1.165, 1.54) is 6.21 Å². The van der Waals surface area contributed by atoms with Gasteiger partial charge in [0.2, 0.25) is 0 Å². The lowest BCUT2D eigenvalue weighted by Crippen LogP contribution is -2.32. The number of halogens is 1. The molecule has 34 heavy (non-hydrogen) atoms. The Bertz CT molecular complexity index is 1200. The van der Waals surface area contributed by atoms with Gasteiger partial charge in [-0.2, -0.15) is 5.10 Å². The highest BCUT2D eigenvalue weighted by Gasteiger charge is 2.14. The number of nitrogens with one attached hydrogen (secondary N) is 2. The van der Waals surface area contributed by atoms with E-state index >= 15 is 0 Å². The first kappa shape index (κ1) is 24.8. The van der Waals surface area contributed by atoms with Crippen LogP contribution in [0.25, 0.3) is 0 Å². The molecule has 3 aromatic rings. The average Bonchev–Trinajstić information content (AvgIpc) is 2.81. The molecule has 0 aliphatic rings. The minimum Gasteiger partial charge on any atom is -0.490 e. The quantitative estimate of drug-likeness (QED) is 0.269. The molecule has 0 unspecified atom stereocenters. The number of benzene rings is 3. The molecule has 0 saturated heterocycles. The fourth-order valence-electron chi connectivity index (χ4n) is 3.02. The second-order valence-electron chi connectivity index (χ2n) is 7.49. The molecule has 176 valence electrons. The van der Waals surface area contributed by atoms with Gasteiger partial charge in [0.05, 0.1) is 17.8 Å². The Morgan fingerprint density at radius 3 is 2.44 bits per heavy atom. The lowest BCUT2D eigenvalue weighted by Gasteiger charge is -2.14. The van der Waals surface area contributed by atoms with Crippen LogP contribution in [0, 0.1) is 13.8 Å². The summed E-state index contributed by atoms with van der Waals surface area (Å²) in [5.74, 6) is -0.848. The lowest BCUT2D eigenvalue weighted by atomic mass is 10.1. The molecule has 3 rings (SSSR count). The first-order valence-electron chi connectivity index (χ1n) is 10.7. The number of carbonyl (C=O) groups is 2. The van der Waals surface area contributed by atoms with Crippen LogP contribution in [-0.4, -0.2) is 24.6 Å². The molecule has 0 aliphatic carbocycles. The van der Waals surface area contributed by atoms with Gasteiger partial charge in [0, 0.05) is 5.69 Å². The standard InChI is InChI=1S/C26H26ClN3O4/c1-4-33-23-14-20(13-22(27)24(23)34-16-19-8-6-5-7-9-19)15-28-30-26(32)25(31)29-21-11-10-17(2)18(3)12-21/h5-15H,4,16H2,1-3H3,(H,29,31)(H,30,32)/b28-15-. The molecule has 2 amide bonds. The predicted octanol–water partition coefficient (Wildman–Crippen LogP) is 5.02. The van der Waals surface area contributed by atoms with Crippen LogP contribution in [0.5, 0.6) is 11.5 Å². The third-order valence-electron chi connectivity index (χ3n) is 4.91. The van der Waals surface area contributed by atoms with E-state index in [0.29, 0.717) is 41.0 Å². The molecule has 0 fully saturated rings. The summed E-state index contributed by atoms with van der Waals surface area (Å²) in [6, 6.07) is 18.4. The summed E-state index contributed by atoms with van der Waals surface area (Å²) in [5.41, 5.74) is 6.41. The maximum absolute atomic E-state index is 12.1. The van der Waals surface area contributed by atoms with E-state index in [4.69, 9.17) is 21.1 Å². The number of ether oxygens (including phenoxy) is 2. The van der Waals surface area contributed by atoms with Crippen molar-refractivity contribution in [2.24, 2.45) is 5.10 Å². The SMILES string of the molecule is CCOc1cc(/C=N\NC(=O)C(=O)Nc2ccc(C)c(C)c2)cc(Cl)c1OCc1ccccc1. The molecule has 0 atom stereocenters. The molecule has 0 aliphatic heterocycles. The fourth-order valence-corrected chi connectivity index (χ4v) is 3.29. The smallest absolute Gasteiger partial charge is 0.329 e. The predicted molar refractivity (Wildman–Crippen MR) is 134 cm³/mol. The summed E-state index contributed by atoms with van der Waals surface area (Å²) < 4.78 is 11.6. The minimum atomic E-state index is -0.895. The highest BCUT2D eigenvalue weighted by Crippen LogP contribution is 2.37. The Hall–Kier alpha value is -3.84. The Morgan fingerprint density at radius 2 is 1.74 bits per heavy atom. The Labute approximate surface area is 203 Å². The first-order valence-corrected chi connectivity index (χ1v) is 11.1. The molecular weight excluding hydrogens is 454 g/mol. The third-order valence-corrected chi connectivity index (χ3v) is 5.19. The topological polar surface area (TPSA) is 89.0 Å². The molecular formula is C26H26ClN3O4. The summed E-state index contributed by atoms with van der Waals surface area (Å²) in [6.07, 6.45) is 1.37. The molecule has 3 aromatic carbocycles. The van der Waals surface area contributed by atoms with E-state index in [1.807, 2.05) is 57.2 Å².